The fourth-order valence-corrected chi connectivity index (χ4v) is 1.87. The third-order valence-corrected chi connectivity index (χ3v) is 2.93. The van der Waals surface area contributed by atoms with E-state index in [9.17, 15) is 0 Å². The number of benzene rings is 2. The number of hydrogen-bond acceptors (Lipinski definition) is 0. The van der Waals surface area contributed by atoms with Crippen molar-refractivity contribution in [3.05, 3.63) is 59.7 Å². The second-order valence-electron chi connectivity index (χ2n) is 4.50. The molecule has 2 aromatic carbocycles. The van der Waals surface area contributed by atoms with Gasteiger partial charge >= 0.3 is 0 Å². The van der Waals surface area contributed by atoms with Crippen LogP contribution < -0.4 is 0 Å². The SMILES string of the molecule is Cc1ccc[c]c1-c1ccc(C(C)C)cc1. The first-order chi connectivity index (χ1) is 7.68. The van der Waals surface area contributed by atoms with E-state index in [1.54, 1.807) is 0 Å². The van der Waals surface area contributed by atoms with Gasteiger partial charge in [0.25, 0.3) is 0 Å². The summed E-state index contributed by atoms with van der Waals surface area (Å²) in [6.45, 7) is 6.56. The van der Waals surface area contributed by atoms with E-state index >= 15 is 0 Å². The van der Waals surface area contributed by atoms with E-state index in [1.807, 2.05) is 12.1 Å². The predicted molar refractivity (Wildman–Crippen MR) is 69.5 cm³/mol. The highest BCUT2D eigenvalue weighted by Crippen LogP contribution is 2.24. The van der Waals surface area contributed by atoms with Crippen molar-refractivity contribution in [3.8, 4) is 11.1 Å². The Morgan fingerprint density at radius 2 is 1.69 bits per heavy atom. The lowest BCUT2D eigenvalue weighted by Gasteiger charge is -2.08. The van der Waals surface area contributed by atoms with E-state index in [2.05, 4.69) is 57.2 Å². The smallest absolute Gasteiger partial charge is 0.00759 e. The fourth-order valence-electron chi connectivity index (χ4n) is 1.87. The Bertz CT molecular complexity index is 464. The summed E-state index contributed by atoms with van der Waals surface area (Å²) in [6, 6.07) is 18.2. The molecule has 0 N–H and O–H groups in total. The zero-order valence-corrected chi connectivity index (χ0v) is 10.1. The summed E-state index contributed by atoms with van der Waals surface area (Å²) in [6.07, 6.45) is 0. The summed E-state index contributed by atoms with van der Waals surface area (Å²) in [7, 11) is 0. The first-order valence-electron chi connectivity index (χ1n) is 5.76. The Morgan fingerprint density at radius 1 is 1.00 bits per heavy atom. The van der Waals surface area contributed by atoms with Crippen molar-refractivity contribution in [2.75, 3.05) is 0 Å². The van der Waals surface area contributed by atoms with Crippen LogP contribution in [0.5, 0.6) is 0 Å². The Balaban J connectivity index is 2.39. The maximum atomic E-state index is 3.30. The van der Waals surface area contributed by atoms with Gasteiger partial charge in [-0.3, -0.25) is 0 Å². The minimum Gasteiger partial charge on any atom is -0.0613 e. The lowest BCUT2D eigenvalue weighted by Crippen LogP contribution is -1.88. The molecule has 0 saturated carbocycles. The lowest BCUT2D eigenvalue weighted by molar-refractivity contribution is 0.867. The molecule has 0 spiro atoms. The number of aryl methyl sites for hydroxylation is 1. The summed E-state index contributed by atoms with van der Waals surface area (Å²) >= 11 is 0. The molecule has 2 aromatic rings. The molecule has 0 fully saturated rings. The van der Waals surface area contributed by atoms with Gasteiger partial charge in [-0.2, -0.15) is 0 Å². The van der Waals surface area contributed by atoms with Gasteiger partial charge in [-0.15, -0.1) is 0 Å². The summed E-state index contributed by atoms with van der Waals surface area (Å²) < 4.78 is 0. The topological polar surface area (TPSA) is 0 Å². The van der Waals surface area contributed by atoms with Crippen molar-refractivity contribution in [2.24, 2.45) is 0 Å². The van der Waals surface area contributed by atoms with E-state index in [0.717, 1.165) is 0 Å². The van der Waals surface area contributed by atoms with Gasteiger partial charge in [0.15, 0.2) is 0 Å². The van der Waals surface area contributed by atoms with Gasteiger partial charge < -0.3 is 0 Å². The zero-order chi connectivity index (χ0) is 11.5. The fraction of sp³-hybridized carbons (Fsp3) is 0.250. The minimum absolute atomic E-state index is 0.592. The number of hydrogen-bond donors (Lipinski definition) is 0. The summed E-state index contributed by atoms with van der Waals surface area (Å²) in [5, 5.41) is 0. The van der Waals surface area contributed by atoms with Crippen LogP contribution >= 0.6 is 0 Å². The molecule has 0 saturated heterocycles. The van der Waals surface area contributed by atoms with E-state index in [4.69, 9.17) is 0 Å². The van der Waals surface area contributed by atoms with Crippen LogP contribution in [0.1, 0.15) is 30.9 Å². The Labute approximate surface area is 97.9 Å². The Hall–Kier alpha value is -1.56. The number of rotatable bonds is 2. The molecule has 81 valence electrons. The van der Waals surface area contributed by atoms with Gasteiger partial charge in [-0.25, -0.2) is 0 Å². The molecule has 1 radical (unpaired) electrons. The van der Waals surface area contributed by atoms with Crippen molar-refractivity contribution in [2.45, 2.75) is 26.7 Å². The van der Waals surface area contributed by atoms with Gasteiger partial charge in [0.05, 0.1) is 0 Å². The molecular formula is C16H17. The maximum Gasteiger partial charge on any atom is -0.00759 e. The van der Waals surface area contributed by atoms with Crippen LogP contribution in [0, 0.1) is 13.0 Å². The van der Waals surface area contributed by atoms with Crippen LogP contribution in [0.2, 0.25) is 0 Å². The van der Waals surface area contributed by atoms with Crippen molar-refractivity contribution in [1.29, 1.82) is 0 Å². The largest absolute Gasteiger partial charge is 0.0613 e. The first kappa shape index (κ1) is 10.9. The third kappa shape index (κ3) is 2.16. The molecule has 0 heterocycles. The summed E-state index contributed by atoms with van der Waals surface area (Å²) in [5.74, 6) is 0.592. The van der Waals surface area contributed by atoms with Gasteiger partial charge in [-0.05, 0) is 41.2 Å². The van der Waals surface area contributed by atoms with Crippen molar-refractivity contribution >= 4 is 0 Å². The normalized spacial score (nSPS) is 10.8. The average Bonchev–Trinajstić information content (AvgIpc) is 2.30. The van der Waals surface area contributed by atoms with Crippen LogP contribution in [0.15, 0.2) is 42.5 Å². The van der Waals surface area contributed by atoms with Crippen LogP contribution in [0.25, 0.3) is 11.1 Å². The zero-order valence-electron chi connectivity index (χ0n) is 10.1. The molecule has 0 nitrogen and oxygen atoms in total. The van der Waals surface area contributed by atoms with Gasteiger partial charge in [-0.1, -0.05) is 56.3 Å². The molecule has 2 rings (SSSR count). The predicted octanol–water partition coefficient (Wildman–Crippen LogP) is 4.59. The van der Waals surface area contributed by atoms with Gasteiger partial charge in [0, 0.05) is 0 Å². The molecule has 0 aliphatic carbocycles. The molecular weight excluding hydrogens is 192 g/mol. The van der Waals surface area contributed by atoms with Gasteiger partial charge in [0.2, 0.25) is 0 Å². The van der Waals surface area contributed by atoms with Crippen molar-refractivity contribution in [3.63, 3.8) is 0 Å². The molecule has 0 aliphatic rings. The Kier molecular flexibility index (Phi) is 3.09. The molecule has 0 bridgehead atoms. The van der Waals surface area contributed by atoms with Crippen molar-refractivity contribution in [1.82, 2.24) is 0 Å². The van der Waals surface area contributed by atoms with E-state index < -0.39 is 0 Å². The van der Waals surface area contributed by atoms with Gasteiger partial charge in [0.1, 0.15) is 0 Å². The lowest BCUT2D eigenvalue weighted by atomic mass is 9.97. The third-order valence-electron chi connectivity index (χ3n) is 2.93. The minimum atomic E-state index is 0.592. The van der Waals surface area contributed by atoms with E-state index in [1.165, 1.54) is 22.3 Å². The quantitative estimate of drug-likeness (QED) is 0.678. The summed E-state index contributed by atoms with van der Waals surface area (Å²) in [5.41, 5.74) is 5.12. The summed E-state index contributed by atoms with van der Waals surface area (Å²) in [4.78, 5) is 0. The molecule has 0 aromatic heterocycles. The molecule has 0 unspecified atom stereocenters. The van der Waals surface area contributed by atoms with Crippen LogP contribution in [-0.2, 0) is 0 Å². The van der Waals surface area contributed by atoms with Crippen LogP contribution in [0.4, 0.5) is 0 Å². The standard InChI is InChI=1S/C16H17/c1-12(2)14-8-10-15(11-9-14)16-7-5-4-6-13(16)3/h4-6,8-12H,1-3H3. The monoisotopic (exact) mass is 209 g/mol. The molecule has 0 atom stereocenters. The highest BCUT2D eigenvalue weighted by atomic mass is 14.1. The highest BCUT2D eigenvalue weighted by Gasteiger charge is 2.02. The molecule has 0 heteroatoms. The second kappa shape index (κ2) is 4.52. The second-order valence-corrected chi connectivity index (χ2v) is 4.50. The Morgan fingerprint density at radius 3 is 2.25 bits per heavy atom. The van der Waals surface area contributed by atoms with Crippen molar-refractivity contribution < 1.29 is 0 Å². The maximum absolute atomic E-state index is 3.30. The van der Waals surface area contributed by atoms with E-state index in [0.29, 0.717) is 5.92 Å². The van der Waals surface area contributed by atoms with Crippen LogP contribution in [0.3, 0.4) is 0 Å². The van der Waals surface area contributed by atoms with Crippen LogP contribution in [-0.4, -0.2) is 0 Å². The van der Waals surface area contributed by atoms with E-state index in [-0.39, 0.29) is 0 Å². The average molecular weight is 209 g/mol. The first-order valence-corrected chi connectivity index (χ1v) is 5.76. The molecule has 0 aliphatic heterocycles. The molecule has 0 amide bonds. The molecule has 16 heavy (non-hydrogen) atoms. The highest BCUT2D eigenvalue weighted by molar-refractivity contribution is 5.66.